The van der Waals surface area contributed by atoms with Crippen molar-refractivity contribution in [1.82, 2.24) is 15.0 Å². The maximum Gasteiger partial charge on any atom is 0.277 e. The normalized spacial score (nSPS) is 13.8. The van der Waals surface area contributed by atoms with Gasteiger partial charge in [0.2, 0.25) is 0 Å². The number of aromatic nitrogens is 3. The molecular weight excluding hydrogens is 230 g/mol. The van der Waals surface area contributed by atoms with Crippen LogP contribution in [0.5, 0.6) is 0 Å². The summed E-state index contributed by atoms with van der Waals surface area (Å²) < 4.78 is 0. The number of aliphatic hydroxyl groups is 1. The second-order valence-corrected chi connectivity index (χ2v) is 5.44. The topological polar surface area (TPSA) is 78.9 Å². The number of aromatic amines is 1. The average Bonchev–Trinajstić information content (AvgIpc) is 2.26. The molecule has 2 rings (SSSR count). The lowest BCUT2D eigenvalue weighted by Gasteiger charge is -2.18. The first-order chi connectivity index (χ1) is 8.30. The molecule has 2 aromatic rings. The van der Waals surface area contributed by atoms with E-state index in [9.17, 15) is 9.90 Å². The summed E-state index contributed by atoms with van der Waals surface area (Å²) in [7, 11) is 0. The van der Waals surface area contributed by atoms with Crippen molar-refractivity contribution < 1.29 is 5.11 Å². The van der Waals surface area contributed by atoms with Crippen molar-refractivity contribution in [1.29, 1.82) is 0 Å². The van der Waals surface area contributed by atoms with Crippen molar-refractivity contribution in [2.24, 2.45) is 0 Å². The molecule has 0 saturated carbocycles. The number of pyridine rings is 1. The molecule has 1 atom stereocenters. The molecule has 0 radical (unpaired) electrons. The molecule has 0 bridgehead atoms. The summed E-state index contributed by atoms with van der Waals surface area (Å²) >= 11 is 0. The van der Waals surface area contributed by atoms with E-state index in [0.717, 1.165) is 0 Å². The van der Waals surface area contributed by atoms with E-state index in [1.54, 1.807) is 13.0 Å². The Labute approximate surface area is 105 Å². The lowest BCUT2D eigenvalue weighted by Crippen LogP contribution is -2.23. The van der Waals surface area contributed by atoms with Gasteiger partial charge < -0.3 is 10.1 Å². The van der Waals surface area contributed by atoms with Crippen LogP contribution in [0.15, 0.2) is 17.1 Å². The fourth-order valence-corrected chi connectivity index (χ4v) is 1.75. The number of nitrogens with one attached hydrogen (secondary N) is 1. The summed E-state index contributed by atoms with van der Waals surface area (Å²) in [5.41, 5.74) is 0.825. The van der Waals surface area contributed by atoms with Gasteiger partial charge >= 0.3 is 0 Å². The maximum absolute atomic E-state index is 12.0. The van der Waals surface area contributed by atoms with Gasteiger partial charge in [0.1, 0.15) is 11.3 Å². The van der Waals surface area contributed by atoms with E-state index in [0.29, 0.717) is 16.9 Å². The Morgan fingerprint density at radius 1 is 1.33 bits per heavy atom. The number of hydrogen-bond acceptors (Lipinski definition) is 4. The zero-order valence-corrected chi connectivity index (χ0v) is 11.0. The Kier molecular flexibility index (Phi) is 2.94. The fraction of sp³-hybridized carbons (Fsp3) is 0.462. The Morgan fingerprint density at radius 2 is 2.00 bits per heavy atom. The SMILES string of the molecule is CC(O)c1ccnc2c(=O)[nH]c(C(C)(C)C)nc12. The van der Waals surface area contributed by atoms with Crippen LogP contribution in [-0.2, 0) is 5.41 Å². The largest absolute Gasteiger partial charge is 0.389 e. The number of rotatable bonds is 1. The summed E-state index contributed by atoms with van der Waals surface area (Å²) in [5.74, 6) is 0.593. The van der Waals surface area contributed by atoms with E-state index < -0.39 is 6.10 Å². The van der Waals surface area contributed by atoms with Gasteiger partial charge in [-0.1, -0.05) is 20.8 Å². The molecule has 1 unspecified atom stereocenters. The molecule has 5 heteroatoms. The highest BCUT2D eigenvalue weighted by atomic mass is 16.3. The van der Waals surface area contributed by atoms with Crippen molar-refractivity contribution >= 4 is 11.0 Å². The van der Waals surface area contributed by atoms with E-state index in [-0.39, 0.29) is 16.5 Å². The third kappa shape index (κ3) is 2.13. The Balaban J connectivity index is 2.85. The highest BCUT2D eigenvalue weighted by molar-refractivity contribution is 5.77. The van der Waals surface area contributed by atoms with E-state index in [4.69, 9.17) is 0 Å². The molecular formula is C13H17N3O2. The van der Waals surface area contributed by atoms with Crippen LogP contribution in [0.4, 0.5) is 0 Å². The number of hydrogen-bond donors (Lipinski definition) is 2. The molecule has 2 heterocycles. The minimum atomic E-state index is -0.683. The molecule has 0 saturated heterocycles. The second kappa shape index (κ2) is 4.17. The van der Waals surface area contributed by atoms with E-state index in [1.165, 1.54) is 6.20 Å². The van der Waals surface area contributed by atoms with E-state index in [1.807, 2.05) is 20.8 Å². The number of aliphatic hydroxyl groups excluding tert-OH is 1. The number of fused-ring (bicyclic) bond motifs is 1. The van der Waals surface area contributed by atoms with Crippen molar-refractivity contribution in [2.75, 3.05) is 0 Å². The van der Waals surface area contributed by atoms with Gasteiger partial charge in [-0.25, -0.2) is 9.97 Å². The predicted octanol–water partition coefficient (Wildman–Crippen LogP) is 1.67. The van der Waals surface area contributed by atoms with E-state index >= 15 is 0 Å². The first-order valence-electron chi connectivity index (χ1n) is 5.88. The van der Waals surface area contributed by atoms with Gasteiger partial charge in [0, 0.05) is 17.2 Å². The van der Waals surface area contributed by atoms with Crippen LogP contribution in [0.3, 0.4) is 0 Å². The molecule has 0 aromatic carbocycles. The summed E-state index contributed by atoms with van der Waals surface area (Å²) in [4.78, 5) is 23.2. The molecule has 0 spiro atoms. The summed E-state index contributed by atoms with van der Waals surface area (Å²) in [6, 6.07) is 1.69. The lowest BCUT2D eigenvalue weighted by molar-refractivity contribution is 0.200. The van der Waals surface area contributed by atoms with Gasteiger partial charge in [-0.15, -0.1) is 0 Å². The Morgan fingerprint density at radius 3 is 2.56 bits per heavy atom. The third-order valence-electron chi connectivity index (χ3n) is 2.79. The first kappa shape index (κ1) is 12.7. The Bertz CT molecular complexity index is 639. The molecule has 5 nitrogen and oxygen atoms in total. The summed E-state index contributed by atoms with van der Waals surface area (Å²) in [6.45, 7) is 7.55. The predicted molar refractivity (Wildman–Crippen MR) is 69.5 cm³/mol. The first-order valence-corrected chi connectivity index (χ1v) is 5.88. The fourth-order valence-electron chi connectivity index (χ4n) is 1.75. The molecule has 0 aliphatic heterocycles. The molecule has 0 fully saturated rings. The van der Waals surface area contributed by atoms with Crippen LogP contribution in [-0.4, -0.2) is 20.1 Å². The smallest absolute Gasteiger partial charge is 0.277 e. The van der Waals surface area contributed by atoms with Crippen LogP contribution in [0.1, 0.15) is 45.2 Å². The zero-order chi connectivity index (χ0) is 13.5. The quantitative estimate of drug-likeness (QED) is 0.803. The van der Waals surface area contributed by atoms with Crippen molar-refractivity contribution in [3.05, 3.63) is 34.0 Å². The molecule has 96 valence electrons. The number of H-pyrrole nitrogens is 1. The standard InChI is InChI=1S/C13H17N3O2/c1-7(17)8-5-6-14-10-9(8)15-12(13(2,3)4)16-11(10)18/h5-7,17H,1-4H3,(H,15,16,18). The minimum absolute atomic E-state index is 0.265. The third-order valence-corrected chi connectivity index (χ3v) is 2.79. The Hall–Kier alpha value is -1.75. The van der Waals surface area contributed by atoms with Gasteiger partial charge in [-0.2, -0.15) is 0 Å². The van der Waals surface area contributed by atoms with Crippen LogP contribution in [0.25, 0.3) is 11.0 Å². The molecule has 2 aromatic heterocycles. The van der Waals surface area contributed by atoms with Crippen molar-refractivity contribution in [3.8, 4) is 0 Å². The zero-order valence-electron chi connectivity index (χ0n) is 11.0. The molecule has 0 aliphatic rings. The van der Waals surface area contributed by atoms with Gasteiger partial charge in [0.05, 0.1) is 6.10 Å². The summed E-state index contributed by atoms with van der Waals surface area (Å²) in [6.07, 6.45) is 0.829. The van der Waals surface area contributed by atoms with E-state index in [2.05, 4.69) is 15.0 Å². The lowest BCUT2D eigenvalue weighted by atomic mass is 9.95. The molecule has 2 N–H and O–H groups in total. The van der Waals surface area contributed by atoms with Gasteiger partial charge in [-0.3, -0.25) is 4.79 Å². The maximum atomic E-state index is 12.0. The van der Waals surface area contributed by atoms with Crippen molar-refractivity contribution in [3.63, 3.8) is 0 Å². The minimum Gasteiger partial charge on any atom is -0.389 e. The van der Waals surface area contributed by atoms with Crippen LogP contribution in [0, 0.1) is 0 Å². The average molecular weight is 247 g/mol. The van der Waals surface area contributed by atoms with Crippen molar-refractivity contribution in [2.45, 2.75) is 39.2 Å². The molecule has 0 aliphatic carbocycles. The van der Waals surface area contributed by atoms with Gasteiger partial charge in [0.15, 0.2) is 5.52 Å². The molecule has 0 amide bonds. The monoisotopic (exact) mass is 247 g/mol. The molecule has 18 heavy (non-hydrogen) atoms. The van der Waals surface area contributed by atoms with Gasteiger partial charge in [0.25, 0.3) is 5.56 Å². The van der Waals surface area contributed by atoms with Crippen LogP contribution >= 0.6 is 0 Å². The second-order valence-electron chi connectivity index (χ2n) is 5.44. The number of nitrogens with zero attached hydrogens (tertiary/aromatic N) is 2. The highest BCUT2D eigenvalue weighted by Gasteiger charge is 2.20. The van der Waals surface area contributed by atoms with Crippen LogP contribution in [0.2, 0.25) is 0 Å². The highest BCUT2D eigenvalue weighted by Crippen LogP contribution is 2.22. The van der Waals surface area contributed by atoms with Crippen LogP contribution < -0.4 is 5.56 Å². The van der Waals surface area contributed by atoms with Gasteiger partial charge in [-0.05, 0) is 13.0 Å². The summed E-state index contributed by atoms with van der Waals surface area (Å²) in [5, 5.41) is 9.73.